The lowest BCUT2D eigenvalue weighted by Crippen LogP contribution is -2.51. The first-order valence-corrected chi connectivity index (χ1v) is 10.6. The summed E-state index contributed by atoms with van der Waals surface area (Å²) in [6.07, 6.45) is 0.954. The highest BCUT2D eigenvalue weighted by molar-refractivity contribution is 5.88. The zero-order chi connectivity index (χ0) is 22.8. The van der Waals surface area contributed by atoms with Crippen LogP contribution in [0.2, 0.25) is 0 Å². The van der Waals surface area contributed by atoms with Gasteiger partial charge in [0, 0.05) is 18.9 Å². The number of ether oxygens (including phenoxy) is 1. The summed E-state index contributed by atoms with van der Waals surface area (Å²) in [7, 11) is 0. The van der Waals surface area contributed by atoms with Gasteiger partial charge in [0.05, 0.1) is 6.04 Å². The molecule has 3 N–H and O–H groups in total. The molecule has 3 unspecified atom stereocenters. The van der Waals surface area contributed by atoms with Crippen LogP contribution >= 0.6 is 0 Å². The van der Waals surface area contributed by atoms with Crippen LogP contribution in [-0.4, -0.2) is 42.8 Å². The average molecular weight is 437 g/mol. The van der Waals surface area contributed by atoms with E-state index in [2.05, 4.69) is 16.0 Å². The molecule has 3 rings (SSSR count). The smallest absolute Gasteiger partial charge is 0.408 e. The third-order valence-corrected chi connectivity index (χ3v) is 5.30. The lowest BCUT2D eigenvalue weighted by atomic mass is 9.98. The van der Waals surface area contributed by atoms with Gasteiger partial charge in [0.1, 0.15) is 18.9 Å². The van der Waals surface area contributed by atoms with Crippen LogP contribution in [0.1, 0.15) is 24.0 Å². The average Bonchev–Trinajstić information content (AvgIpc) is 3.22. The Balaban J connectivity index is 1.62. The van der Waals surface area contributed by atoms with Crippen LogP contribution in [0.25, 0.3) is 0 Å². The number of carbonyl (C=O) groups excluding carboxylic acids is 4. The van der Waals surface area contributed by atoms with E-state index in [1.54, 1.807) is 0 Å². The van der Waals surface area contributed by atoms with Gasteiger partial charge in [-0.15, -0.1) is 0 Å². The largest absolute Gasteiger partial charge is 0.445 e. The van der Waals surface area contributed by atoms with Gasteiger partial charge in [-0.05, 0) is 24.0 Å². The van der Waals surface area contributed by atoms with Crippen molar-refractivity contribution in [2.24, 2.45) is 5.92 Å². The summed E-state index contributed by atoms with van der Waals surface area (Å²) in [6, 6.07) is 16.7. The van der Waals surface area contributed by atoms with E-state index in [1.165, 1.54) is 0 Å². The molecule has 1 saturated heterocycles. The van der Waals surface area contributed by atoms with Crippen LogP contribution in [0.5, 0.6) is 0 Å². The molecule has 1 heterocycles. The molecule has 8 heteroatoms. The number of alkyl carbamates (subject to hydrolysis) is 1. The van der Waals surface area contributed by atoms with Gasteiger partial charge in [0.25, 0.3) is 0 Å². The molecule has 1 fully saturated rings. The number of amides is 3. The molecule has 0 aliphatic carbocycles. The minimum Gasteiger partial charge on any atom is -0.445 e. The maximum Gasteiger partial charge on any atom is 0.408 e. The molecule has 8 nitrogen and oxygen atoms in total. The van der Waals surface area contributed by atoms with E-state index in [9.17, 15) is 19.2 Å². The minimum atomic E-state index is -0.944. The SMILES string of the molecule is O=CC(CC1CCNC1=O)NC(=O)C(Cc1ccccc1)NC(=O)OCc1ccccc1. The molecule has 168 valence electrons. The first-order chi connectivity index (χ1) is 15.5. The quantitative estimate of drug-likeness (QED) is 0.490. The number of benzene rings is 2. The number of hydrogen-bond donors (Lipinski definition) is 3. The van der Waals surface area contributed by atoms with Crippen LogP contribution in [0.3, 0.4) is 0 Å². The number of aldehydes is 1. The van der Waals surface area contributed by atoms with Crippen molar-refractivity contribution < 1.29 is 23.9 Å². The Kier molecular flexibility index (Phi) is 8.36. The van der Waals surface area contributed by atoms with Crippen LogP contribution < -0.4 is 16.0 Å². The molecule has 1 aliphatic heterocycles. The predicted octanol–water partition coefficient (Wildman–Crippen LogP) is 1.73. The molecular weight excluding hydrogens is 410 g/mol. The molecule has 2 aromatic rings. The van der Waals surface area contributed by atoms with Gasteiger partial charge >= 0.3 is 6.09 Å². The lowest BCUT2D eigenvalue weighted by molar-refractivity contribution is -0.127. The molecule has 0 bridgehead atoms. The number of nitrogens with one attached hydrogen (secondary N) is 3. The zero-order valence-electron chi connectivity index (χ0n) is 17.7. The third-order valence-electron chi connectivity index (χ3n) is 5.30. The Morgan fingerprint density at radius 1 is 1.03 bits per heavy atom. The summed E-state index contributed by atoms with van der Waals surface area (Å²) in [5, 5.41) is 7.98. The molecule has 1 aliphatic rings. The summed E-state index contributed by atoms with van der Waals surface area (Å²) < 4.78 is 5.25. The maximum absolute atomic E-state index is 12.9. The Labute approximate surface area is 186 Å². The van der Waals surface area contributed by atoms with E-state index in [-0.39, 0.29) is 31.3 Å². The second-order valence-corrected chi connectivity index (χ2v) is 7.71. The normalized spacial score (nSPS) is 17.0. The van der Waals surface area contributed by atoms with E-state index in [1.807, 2.05) is 60.7 Å². The Morgan fingerprint density at radius 2 is 1.69 bits per heavy atom. The van der Waals surface area contributed by atoms with Crippen molar-refractivity contribution in [3.8, 4) is 0 Å². The summed E-state index contributed by atoms with van der Waals surface area (Å²) in [5.41, 5.74) is 1.66. The highest BCUT2D eigenvalue weighted by atomic mass is 16.5. The molecule has 3 atom stereocenters. The van der Waals surface area contributed by atoms with Gasteiger partial charge < -0.3 is 25.5 Å². The van der Waals surface area contributed by atoms with Crippen LogP contribution in [-0.2, 0) is 32.1 Å². The lowest BCUT2D eigenvalue weighted by Gasteiger charge is -2.22. The first-order valence-electron chi connectivity index (χ1n) is 10.6. The van der Waals surface area contributed by atoms with E-state index < -0.39 is 24.1 Å². The molecule has 0 radical (unpaired) electrons. The number of rotatable bonds is 10. The fourth-order valence-electron chi connectivity index (χ4n) is 3.57. The second kappa shape index (κ2) is 11.6. The number of hydrogen-bond acceptors (Lipinski definition) is 5. The van der Waals surface area contributed by atoms with Crippen LogP contribution in [0, 0.1) is 5.92 Å². The van der Waals surface area contributed by atoms with Gasteiger partial charge in [-0.2, -0.15) is 0 Å². The summed E-state index contributed by atoms with van der Waals surface area (Å²) >= 11 is 0. The Hall–Kier alpha value is -3.68. The Morgan fingerprint density at radius 3 is 2.28 bits per heavy atom. The van der Waals surface area contributed by atoms with Gasteiger partial charge in [0.15, 0.2) is 0 Å². The van der Waals surface area contributed by atoms with Crippen molar-refractivity contribution in [1.29, 1.82) is 0 Å². The van der Waals surface area contributed by atoms with Crippen LogP contribution in [0.4, 0.5) is 4.79 Å². The summed E-state index contributed by atoms with van der Waals surface area (Å²) in [6.45, 7) is 0.634. The molecule has 2 aromatic carbocycles. The van der Waals surface area contributed by atoms with Gasteiger partial charge in [0.2, 0.25) is 11.8 Å². The molecule has 0 aromatic heterocycles. The second-order valence-electron chi connectivity index (χ2n) is 7.71. The van der Waals surface area contributed by atoms with E-state index in [4.69, 9.17) is 4.74 Å². The van der Waals surface area contributed by atoms with Crippen LogP contribution in [0.15, 0.2) is 60.7 Å². The van der Waals surface area contributed by atoms with Gasteiger partial charge in [-0.1, -0.05) is 60.7 Å². The molecule has 0 spiro atoms. The van der Waals surface area contributed by atoms with Crippen molar-refractivity contribution in [2.75, 3.05) is 6.54 Å². The monoisotopic (exact) mass is 437 g/mol. The van der Waals surface area contributed by atoms with Crippen molar-refractivity contribution in [3.05, 3.63) is 71.8 Å². The van der Waals surface area contributed by atoms with Crippen molar-refractivity contribution in [2.45, 2.75) is 38.0 Å². The topological polar surface area (TPSA) is 114 Å². The van der Waals surface area contributed by atoms with E-state index >= 15 is 0 Å². The fraction of sp³-hybridized carbons (Fsp3) is 0.333. The van der Waals surface area contributed by atoms with Gasteiger partial charge in [-0.3, -0.25) is 9.59 Å². The first kappa shape index (κ1) is 23.0. The fourth-order valence-corrected chi connectivity index (χ4v) is 3.57. The van der Waals surface area contributed by atoms with E-state index in [0.717, 1.165) is 11.1 Å². The van der Waals surface area contributed by atoms with Crippen molar-refractivity contribution >= 4 is 24.2 Å². The number of carbonyl (C=O) groups is 4. The molecule has 3 amide bonds. The molecule has 32 heavy (non-hydrogen) atoms. The highest BCUT2D eigenvalue weighted by Crippen LogP contribution is 2.15. The minimum absolute atomic E-state index is 0.0695. The van der Waals surface area contributed by atoms with E-state index in [0.29, 0.717) is 19.3 Å². The standard InChI is InChI=1S/C24H27N3O5/c28-15-20(14-19-11-12-25-22(19)29)26-23(30)21(13-17-7-3-1-4-8-17)27-24(31)32-16-18-9-5-2-6-10-18/h1-10,15,19-21H,11-14,16H2,(H,25,29)(H,26,30)(H,27,31). The Bertz CT molecular complexity index is 920. The zero-order valence-corrected chi connectivity index (χ0v) is 17.7. The summed E-state index contributed by atoms with van der Waals surface area (Å²) in [4.78, 5) is 48.7. The van der Waals surface area contributed by atoms with Crippen molar-refractivity contribution in [1.82, 2.24) is 16.0 Å². The maximum atomic E-state index is 12.9. The van der Waals surface area contributed by atoms with Crippen molar-refractivity contribution in [3.63, 3.8) is 0 Å². The van der Waals surface area contributed by atoms with Gasteiger partial charge in [-0.25, -0.2) is 4.79 Å². The molecular formula is C24H27N3O5. The third kappa shape index (κ3) is 6.94. The molecule has 0 saturated carbocycles. The highest BCUT2D eigenvalue weighted by Gasteiger charge is 2.30. The summed E-state index contributed by atoms with van der Waals surface area (Å²) in [5.74, 6) is -0.947. The predicted molar refractivity (Wildman–Crippen MR) is 117 cm³/mol.